The zero-order valence-electron chi connectivity index (χ0n) is 18.9. The molecule has 1 saturated heterocycles. The molecule has 0 bridgehead atoms. The summed E-state index contributed by atoms with van der Waals surface area (Å²) in [6.45, 7) is 5.34. The summed E-state index contributed by atoms with van der Waals surface area (Å²) in [6, 6.07) is 11.7. The van der Waals surface area contributed by atoms with Crippen LogP contribution in [0, 0.1) is 20.8 Å². The average molecular weight is 541 g/mol. The molecule has 1 amide bonds. The van der Waals surface area contributed by atoms with Crippen molar-refractivity contribution in [3.63, 3.8) is 0 Å². The summed E-state index contributed by atoms with van der Waals surface area (Å²) in [7, 11) is 1.26. The number of aliphatic hydroxyl groups excluding tert-OH is 1. The Kier molecular flexibility index (Phi) is 6.42. The van der Waals surface area contributed by atoms with Gasteiger partial charge in [0.15, 0.2) is 5.13 Å². The number of aromatic nitrogens is 1. The van der Waals surface area contributed by atoms with Gasteiger partial charge in [-0.1, -0.05) is 57.1 Å². The van der Waals surface area contributed by atoms with E-state index in [1.165, 1.54) is 12.0 Å². The maximum atomic E-state index is 13.3. The van der Waals surface area contributed by atoms with Crippen LogP contribution in [-0.2, 0) is 14.3 Å². The number of methoxy groups -OCH3 is 1. The van der Waals surface area contributed by atoms with Crippen LogP contribution in [0.15, 0.2) is 52.5 Å². The van der Waals surface area contributed by atoms with Crippen molar-refractivity contribution >= 4 is 55.8 Å². The number of esters is 1. The second-order valence-corrected chi connectivity index (χ2v) is 9.84. The van der Waals surface area contributed by atoms with Crippen LogP contribution in [0.25, 0.3) is 5.76 Å². The zero-order valence-corrected chi connectivity index (χ0v) is 21.3. The van der Waals surface area contributed by atoms with Crippen molar-refractivity contribution in [3.05, 3.63) is 85.3 Å². The number of anilines is 1. The number of aryl methyl sites for hydroxylation is 3. The monoisotopic (exact) mass is 540 g/mol. The molecule has 1 aliphatic heterocycles. The molecule has 1 N–H and O–H groups in total. The van der Waals surface area contributed by atoms with Gasteiger partial charge in [-0.05, 0) is 50.1 Å². The third-order valence-corrected chi connectivity index (χ3v) is 7.25. The number of hydrogen-bond donors (Lipinski definition) is 1. The minimum absolute atomic E-state index is 0.0377. The SMILES string of the molecule is COC(=O)c1sc(N2C(=O)C(=O)C(=C(O)c3cc(C)ccc3C)C2c2cccc(Br)c2)nc1C. The Morgan fingerprint density at radius 3 is 2.56 bits per heavy atom. The third-order valence-electron chi connectivity index (χ3n) is 5.62. The van der Waals surface area contributed by atoms with E-state index in [1.54, 1.807) is 31.2 Å². The van der Waals surface area contributed by atoms with Crippen molar-refractivity contribution in [2.75, 3.05) is 12.0 Å². The van der Waals surface area contributed by atoms with Crippen LogP contribution in [-0.4, -0.2) is 34.9 Å². The highest BCUT2D eigenvalue weighted by molar-refractivity contribution is 9.10. The summed E-state index contributed by atoms with van der Waals surface area (Å²) in [5, 5.41) is 11.5. The Balaban J connectivity index is 1.98. The van der Waals surface area contributed by atoms with Gasteiger partial charge < -0.3 is 9.84 Å². The fraction of sp³-hybridized carbons (Fsp3) is 0.200. The molecule has 0 radical (unpaired) electrons. The predicted molar refractivity (Wildman–Crippen MR) is 133 cm³/mol. The van der Waals surface area contributed by atoms with Crippen molar-refractivity contribution in [2.24, 2.45) is 0 Å². The van der Waals surface area contributed by atoms with E-state index in [2.05, 4.69) is 20.9 Å². The van der Waals surface area contributed by atoms with E-state index < -0.39 is 23.7 Å². The number of amides is 1. The molecule has 174 valence electrons. The van der Waals surface area contributed by atoms with Crippen molar-refractivity contribution < 1.29 is 24.2 Å². The van der Waals surface area contributed by atoms with Crippen LogP contribution < -0.4 is 4.90 Å². The van der Waals surface area contributed by atoms with Gasteiger partial charge in [0, 0.05) is 10.0 Å². The normalized spacial score (nSPS) is 17.3. The maximum Gasteiger partial charge on any atom is 0.350 e. The number of carbonyl (C=O) groups excluding carboxylic acids is 3. The second kappa shape index (κ2) is 9.15. The van der Waals surface area contributed by atoms with E-state index in [0.29, 0.717) is 16.8 Å². The Labute approximate surface area is 208 Å². The van der Waals surface area contributed by atoms with Crippen LogP contribution in [0.1, 0.15) is 43.7 Å². The Morgan fingerprint density at radius 2 is 1.88 bits per heavy atom. The quantitative estimate of drug-likeness (QED) is 0.210. The van der Waals surface area contributed by atoms with Gasteiger partial charge in [0.2, 0.25) is 0 Å². The first-order chi connectivity index (χ1) is 16.1. The first-order valence-corrected chi connectivity index (χ1v) is 11.9. The number of halogens is 1. The van der Waals surface area contributed by atoms with Gasteiger partial charge >= 0.3 is 11.9 Å². The molecule has 9 heteroatoms. The first kappa shape index (κ1) is 23.8. The molecule has 1 unspecified atom stereocenters. The highest BCUT2D eigenvalue weighted by atomic mass is 79.9. The van der Waals surface area contributed by atoms with E-state index in [9.17, 15) is 19.5 Å². The molecule has 34 heavy (non-hydrogen) atoms. The minimum atomic E-state index is -0.937. The van der Waals surface area contributed by atoms with Gasteiger partial charge in [0.1, 0.15) is 10.6 Å². The number of ether oxygens (including phenoxy) is 1. The Hall–Kier alpha value is -3.30. The standard InChI is InChI=1S/C25H21BrN2O5S/c1-12-8-9-13(2)17(10-12)20(29)18-19(15-6-5-7-16(26)11-15)28(23(31)21(18)30)25-27-14(3)22(34-25)24(32)33-4/h5-11,19,29H,1-4H3. The van der Waals surface area contributed by atoms with Gasteiger partial charge in [0.25, 0.3) is 5.78 Å². The van der Waals surface area contributed by atoms with E-state index in [0.717, 1.165) is 26.9 Å². The number of aliphatic hydroxyl groups is 1. The van der Waals surface area contributed by atoms with Gasteiger partial charge in [-0.3, -0.25) is 14.5 Å². The van der Waals surface area contributed by atoms with Gasteiger partial charge in [-0.15, -0.1) is 0 Å². The summed E-state index contributed by atoms with van der Waals surface area (Å²) in [5.41, 5.74) is 3.09. The highest BCUT2D eigenvalue weighted by Crippen LogP contribution is 2.44. The molecule has 1 aromatic heterocycles. The number of benzene rings is 2. The van der Waals surface area contributed by atoms with Gasteiger partial charge in [-0.2, -0.15) is 0 Å². The lowest BCUT2D eigenvalue weighted by atomic mass is 9.93. The molecule has 2 aromatic carbocycles. The van der Waals surface area contributed by atoms with Crippen molar-refractivity contribution in [2.45, 2.75) is 26.8 Å². The van der Waals surface area contributed by atoms with Crippen LogP contribution in [0.2, 0.25) is 0 Å². The van der Waals surface area contributed by atoms with Crippen molar-refractivity contribution in [3.8, 4) is 0 Å². The smallest absolute Gasteiger partial charge is 0.350 e. The van der Waals surface area contributed by atoms with Crippen LogP contribution in [0.5, 0.6) is 0 Å². The summed E-state index contributed by atoms with van der Waals surface area (Å²) in [5.74, 6) is -2.49. The molecule has 1 aliphatic rings. The molecule has 0 spiro atoms. The molecule has 0 saturated carbocycles. The fourth-order valence-corrected chi connectivity index (χ4v) is 5.35. The number of hydrogen-bond acceptors (Lipinski definition) is 7. The number of thiazole rings is 1. The third kappa shape index (κ3) is 4.05. The van der Waals surface area contributed by atoms with Crippen LogP contribution in [0.4, 0.5) is 5.13 Å². The van der Waals surface area contributed by atoms with Gasteiger partial charge in [-0.25, -0.2) is 9.78 Å². The number of ketones is 1. The molecule has 3 aromatic rings. The first-order valence-electron chi connectivity index (χ1n) is 10.3. The molecule has 1 atom stereocenters. The lowest BCUT2D eigenvalue weighted by Gasteiger charge is -2.23. The predicted octanol–water partition coefficient (Wildman–Crippen LogP) is 5.24. The minimum Gasteiger partial charge on any atom is -0.507 e. The Bertz CT molecular complexity index is 1380. The van der Waals surface area contributed by atoms with Crippen LogP contribution in [0.3, 0.4) is 0 Å². The van der Waals surface area contributed by atoms with E-state index >= 15 is 0 Å². The molecular formula is C25H21BrN2O5S. The Morgan fingerprint density at radius 1 is 1.15 bits per heavy atom. The van der Waals surface area contributed by atoms with Crippen LogP contribution >= 0.6 is 27.3 Å². The number of nitrogens with zero attached hydrogens (tertiary/aromatic N) is 2. The number of Topliss-reactive ketones (excluding diaryl/α,β-unsaturated/α-hetero) is 1. The van der Waals surface area contributed by atoms with Crippen molar-refractivity contribution in [1.82, 2.24) is 4.98 Å². The van der Waals surface area contributed by atoms with Crippen molar-refractivity contribution in [1.29, 1.82) is 0 Å². The molecule has 2 heterocycles. The second-order valence-electron chi connectivity index (χ2n) is 7.95. The lowest BCUT2D eigenvalue weighted by molar-refractivity contribution is -0.132. The maximum absolute atomic E-state index is 13.3. The largest absolute Gasteiger partial charge is 0.507 e. The summed E-state index contributed by atoms with van der Waals surface area (Å²) >= 11 is 4.41. The van der Waals surface area contributed by atoms with E-state index in [4.69, 9.17) is 4.74 Å². The molecule has 1 fully saturated rings. The zero-order chi connectivity index (χ0) is 24.7. The highest BCUT2D eigenvalue weighted by Gasteiger charge is 2.48. The number of carbonyl (C=O) groups is 3. The molecule has 0 aliphatic carbocycles. The van der Waals surface area contributed by atoms with Gasteiger partial charge in [0.05, 0.1) is 24.4 Å². The fourth-order valence-electron chi connectivity index (χ4n) is 3.93. The average Bonchev–Trinajstić information content (AvgIpc) is 3.31. The molecule has 7 nitrogen and oxygen atoms in total. The topological polar surface area (TPSA) is 96.8 Å². The lowest BCUT2D eigenvalue weighted by Crippen LogP contribution is -2.29. The summed E-state index contributed by atoms with van der Waals surface area (Å²) < 4.78 is 5.56. The van der Waals surface area contributed by atoms with E-state index in [-0.39, 0.29) is 21.3 Å². The summed E-state index contributed by atoms with van der Waals surface area (Å²) in [4.78, 5) is 44.6. The number of rotatable bonds is 4. The van der Waals surface area contributed by atoms with E-state index in [1.807, 2.05) is 32.0 Å². The summed E-state index contributed by atoms with van der Waals surface area (Å²) in [6.07, 6.45) is 0. The molecular weight excluding hydrogens is 520 g/mol. The molecule has 4 rings (SSSR count).